The first-order valence-corrected chi connectivity index (χ1v) is 20.7. The number of carboxylic acids is 3. The van der Waals surface area contributed by atoms with E-state index >= 15 is 0 Å². The standard InChI is InChI=1S/C40H72N4O10/c1-3-5-7-9-11-13-15-17-19-24-34(45)42-31(26-28-36(47)48)38(51)41-30-22-21-23-33(40(53)54)44-39(52)32(27-29-37(49)50)43-35(46)25-20-18-16-14-12-10-8-6-4-2/h31-33H,3-30H2,1-2H3,(H,41,51)(H,42,45)(H,43,46)(H,44,52)(H,47,48)(H,49,50)(H,53,54)/t31-,32-,33-/m0/s1. The van der Waals surface area contributed by atoms with Crippen molar-refractivity contribution in [1.29, 1.82) is 0 Å². The van der Waals surface area contributed by atoms with Crippen LogP contribution in [-0.2, 0) is 33.6 Å². The Morgan fingerprint density at radius 3 is 1.19 bits per heavy atom. The highest BCUT2D eigenvalue weighted by atomic mass is 16.4. The first-order valence-electron chi connectivity index (χ1n) is 20.7. The molecule has 3 atom stereocenters. The summed E-state index contributed by atoms with van der Waals surface area (Å²) in [5.41, 5.74) is 0. The van der Waals surface area contributed by atoms with Gasteiger partial charge in [0.15, 0.2) is 0 Å². The van der Waals surface area contributed by atoms with Gasteiger partial charge in [0.25, 0.3) is 0 Å². The maximum absolute atomic E-state index is 13.0. The summed E-state index contributed by atoms with van der Waals surface area (Å²) in [5.74, 6) is -5.56. The summed E-state index contributed by atoms with van der Waals surface area (Å²) in [6.07, 6.45) is 19.6. The number of aliphatic carboxylic acids is 3. The highest BCUT2D eigenvalue weighted by Crippen LogP contribution is 2.13. The summed E-state index contributed by atoms with van der Waals surface area (Å²) in [4.78, 5) is 85.3. The Balaban J connectivity index is 4.77. The number of carbonyl (C=O) groups is 7. The van der Waals surface area contributed by atoms with E-state index in [0.29, 0.717) is 19.3 Å². The van der Waals surface area contributed by atoms with E-state index in [4.69, 9.17) is 10.2 Å². The molecular formula is C40H72N4O10. The molecule has 0 radical (unpaired) electrons. The molecule has 14 nitrogen and oxygen atoms in total. The van der Waals surface area contributed by atoms with E-state index in [1.807, 2.05) is 0 Å². The molecule has 0 fully saturated rings. The highest BCUT2D eigenvalue weighted by molar-refractivity contribution is 5.91. The zero-order chi connectivity index (χ0) is 40.4. The number of amides is 4. The van der Waals surface area contributed by atoms with Gasteiger partial charge in [0.05, 0.1) is 0 Å². The molecular weight excluding hydrogens is 696 g/mol. The molecule has 54 heavy (non-hydrogen) atoms. The number of carbonyl (C=O) groups excluding carboxylic acids is 4. The molecule has 0 bridgehead atoms. The van der Waals surface area contributed by atoms with Gasteiger partial charge in [-0.25, -0.2) is 4.79 Å². The summed E-state index contributed by atoms with van der Waals surface area (Å²) in [6, 6.07) is -3.53. The van der Waals surface area contributed by atoms with Gasteiger partial charge >= 0.3 is 17.9 Å². The van der Waals surface area contributed by atoms with Crippen molar-refractivity contribution in [2.24, 2.45) is 0 Å². The van der Waals surface area contributed by atoms with Crippen LogP contribution < -0.4 is 21.3 Å². The fourth-order valence-corrected chi connectivity index (χ4v) is 6.14. The summed E-state index contributed by atoms with van der Waals surface area (Å²) >= 11 is 0. The Bertz CT molecular complexity index is 1090. The topological polar surface area (TPSA) is 228 Å². The SMILES string of the molecule is CCCCCCCCCCCC(=O)N[C@@H](CCC(=O)O)C(=O)NCCCC[C@H](NC(=O)[C@H](CCC(=O)O)NC(=O)CCCCCCCCCCC)C(=O)O. The van der Waals surface area contributed by atoms with Crippen LogP contribution in [0.2, 0.25) is 0 Å². The van der Waals surface area contributed by atoms with Gasteiger partial charge in [0.2, 0.25) is 23.6 Å². The van der Waals surface area contributed by atoms with Crippen molar-refractivity contribution in [1.82, 2.24) is 21.3 Å². The van der Waals surface area contributed by atoms with Crippen molar-refractivity contribution >= 4 is 41.5 Å². The third kappa shape index (κ3) is 29.7. The fourth-order valence-electron chi connectivity index (χ4n) is 6.14. The molecule has 0 saturated carbocycles. The van der Waals surface area contributed by atoms with E-state index < -0.39 is 53.8 Å². The van der Waals surface area contributed by atoms with Gasteiger partial charge in [-0.2, -0.15) is 0 Å². The number of hydrogen-bond donors (Lipinski definition) is 7. The first kappa shape index (κ1) is 50.3. The monoisotopic (exact) mass is 769 g/mol. The Morgan fingerprint density at radius 2 is 0.796 bits per heavy atom. The minimum Gasteiger partial charge on any atom is -0.481 e. The third-order valence-electron chi connectivity index (χ3n) is 9.45. The Labute approximate surface area is 323 Å². The molecule has 0 aromatic heterocycles. The van der Waals surface area contributed by atoms with Crippen molar-refractivity contribution in [3.63, 3.8) is 0 Å². The van der Waals surface area contributed by atoms with E-state index in [9.17, 15) is 38.7 Å². The molecule has 7 N–H and O–H groups in total. The van der Waals surface area contributed by atoms with E-state index in [0.717, 1.165) is 44.9 Å². The fraction of sp³-hybridized carbons (Fsp3) is 0.825. The van der Waals surface area contributed by atoms with Gasteiger partial charge in [-0.05, 0) is 44.9 Å². The molecule has 0 spiro atoms. The van der Waals surface area contributed by atoms with E-state index in [1.54, 1.807) is 0 Å². The number of rotatable bonds is 37. The van der Waals surface area contributed by atoms with Crippen LogP contribution in [-0.4, -0.2) is 81.5 Å². The summed E-state index contributed by atoms with van der Waals surface area (Å²) < 4.78 is 0. The summed E-state index contributed by atoms with van der Waals surface area (Å²) in [5, 5.41) is 38.4. The summed E-state index contributed by atoms with van der Waals surface area (Å²) in [6.45, 7) is 4.49. The number of nitrogens with one attached hydrogen (secondary N) is 4. The summed E-state index contributed by atoms with van der Waals surface area (Å²) in [7, 11) is 0. The molecule has 0 aromatic rings. The zero-order valence-electron chi connectivity index (χ0n) is 33.2. The molecule has 312 valence electrons. The van der Waals surface area contributed by atoms with Crippen LogP contribution >= 0.6 is 0 Å². The highest BCUT2D eigenvalue weighted by Gasteiger charge is 2.27. The minimum atomic E-state index is -1.31. The molecule has 14 heteroatoms. The molecule has 0 unspecified atom stereocenters. The quantitative estimate of drug-likeness (QED) is 0.0345. The third-order valence-corrected chi connectivity index (χ3v) is 9.45. The number of hydrogen-bond acceptors (Lipinski definition) is 7. The molecule has 0 heterocycles. The lowest BCUT2D eigenvalue weighted by Crippen LogP contribution is -2.51. The maximum Gasteiger partial charge on any atom is 0.326 e. The van der Waals surface area contributed by atoms with Crippen molar-refractivity contribution < 1.29 is 48.9 Å². The Hall–Kier alpha value is -3.71. The Kier molecular flexibility index (Phi) is 31.5. The average molecular weight is 769 g/mol. The molecule has 0 saturated heterocycles. The molecule has 0 rings (SSSR count). The first-order chi connectivity index (χ1) is 25.9. The second-order valence-corrected chi connectivity index (χ2v) is 14.4. The van der Waals surface area contributed by atoms with Gasteiger partial charge in [-0.1, -0.05) is 117 Å². The van der Waals surface area contributed by atoms with Gasteiger partial charge < -0.3 is 36.6 Å². The molecule has 0 aliphatic heterocycles. The van der Waals surface area contributed by atoms with Crippen LogP contribution in [0.3, 0.4) is 0 Å². The minimum absolute atomic E-state index is 0.00685. The van der Waals surface area contributed by atoms with Crippen LogP contribution in [0.1, 0.15) is 187 Å². The zero-order valence-corrected chi connectivity index (χ0v) is 33.2. The van der Waals surface area contributed by atoms with Crippen LogP contribution in [0, 0.1) is 0 Å². The van der Waals surface area contributed by atoms with Gasteiger partial charge in [0, 0.05) is 32.2 Å². The van der Waals surface area contributed by atoms with Crippen LogP contribution in [0.15, 0.2) is 0 Å². The van der Waals surface area contributed by atoms with Crippen molar-refractivity contribution in [3.05, 3.63) is 0 Å². The second-order valence-electron chi connectivity index (χ2n) is 14.4. The van der Waals surface area contributed by atoms with E-state index in [-0.39, 0.29) is 63.8 Å². The molecule has 0 aliphatic rings. The van der Waals surface area contributed by atoms with Crippen molar-refractivity contribution in [3.8, 4) is 0 Å². The lowest BCUT2D eigenvalue weighted by Gasteiger charge is -2.21. The van der Waals surface area contributed by atoms with E-state index in [2.05, 4.69) is 35.1 Å². The number of carboxylic acid groups (broad SMARTS) is 3. The van der Waals surface area contributed by atoms with Crippen LogP contribution in [0.25, 0.3) is 0 Å². The van der Waals surface area contributed by atoms with Crippen LogP contribution in [0.4, 0.5) is 0 Å². The van der Waals surface area contributed by atoms with Gasteiger partial charge in [0.1, 0.15) is 18.1 Å². The average Bonchev–Trinajstić information content (AvgIpc) is 3.12. The van der Waals surface area contributed by atoms with Crippen molar-refractivity contribution in [2.75, 3.05) is 6.54 Å². The van der Waals surface area contributed by atoms with Gasteiger partial charge in [-0.15, -0.1) is 0 Å². The maximum atomic E-state index is 13.0. The largest absolute Gasteiger partial charge is 0.481 e. The molecule has 0 aliphatic carbocycles. The Morgan fingerprint density at radius 1 is 0.407 bits per heavy atom. The molecule has 4 amide bonds. The predicted molar refractivity (Wildman–Crippen MR) is 208 cm³/mol. The predicted octanol–water partition coefficient (Wildman–Crippen LogP) is 6.38. The molecule has 0 aromatic carbocycles. The smallest absolute Gasteiger partial charge is 0.326 e. The second kappa shape index (κ2) is 33.8. The van der Waals surface area contributed by atoms with Gasteiger partial charge in [-0.3, -0.25) is 28.8 Å². The lowest BCUT2D eigenvalue weighted by atomic mass is 10.1. The van der Waals surface area contributed by atoms with Crippen molar-refractivity contribution in [2.45, 2.75) is 205 Å². The number of unbranched alkanes of at least 4 members (excludes halogenated alkanes) is 17. The lowest BCUT2D eigenvalue weighted by molar-refractivity contribution is -0.143. The van der Waals surface area contributed by atoms with Crippen LogP contribution in [0.5, 0.6) is 0 Å². The normalized spacial score (nSPS) is 12.6. The van der Waals surface area contributed by atoms with E-state index in [1.165, 1.54) is 57.8 Å².